The minimum atomic E-state index is -0.768. The van der Waals surface area contributed by atoms with E-state index in [0.717, 1.165) is 64.2 Å². The Balaban J connectivity index is 4.20. The normalized spacial score (nSPS) is 12.0. The van der Waals surface area contributed by atoms with Crippen molar-refractivity contribution >= 4 is 17.9 Å². The zero-order chi connectivity index (χ0) is 48.6. The lowest BCUT2D eigenvalue weighted by atomic mass is 10.0. The molecule has 67 heavy (non-hydrogen) atoms. The van der Waals surface area contributed by atoms with E-state index < -0.39 is 6.10 Å². The maximum absolute atomic E-state index is 12.8. The van der Waals surface area contributed by atoms with Gasteiger partial charge in [-0.2, -0.15) is 0 Å². The number of esters is 3. The highest BCUT2D eigenvalue weighted by molar-refractivity contribution is 5.71. The third-order valence-corrected chi connectivity index (χ3v) is 13.8. The fraction of sp³-hybridized carbons (Fsp3) is 0.918. The van der Waals surface area contributed by atoms with Crippen molar-refractivity contribution in [2.75, 3.05) is 13.2 Å². The summed E-state index contributed by atoms with van der Waals surface area (Å²) in [7, 11) is 0. The molecule has 396 valence electrons. The highest BCUT2D eigenvalue weighted by atomic mass is 16.6. The fourth-order valence-electron chi connectivity index (χ4n) is 9.21. The first kappa shape index (κ1) is 65.1. The highest BCUT2D eigenvalue weighted by Crippen LogP contribution is 2.18. The quantitative estimate of drug-likeness (QED) is 0.0262. The van der Waals surface area contributed by atoms with Crippen LogP contribution in [0.2, 0.25) is 0 Å². The van der Waals surface area contributed by atoms with Gasteiger partial charge in [0.15, 0.2) is 6.10 Å². The number of hydrogen-bond donors (Lipinski definition) is 0. The Morgan fingerprint density at radius 1 is 0.284 bits per heavy atom. The summed E-state index contributed by atoms with van der Waals surface area (Å²) in [4.78, 5) is 38.1. The molecule has 0 aliphatic heterocycles. The Morgan fingerprint density at radius 3 is 0.761 bits per heavy atom. The van der Waals surface area contributed by atoms with Gasteiger partial charge in [-0.3, -0.25) is 14.4 Å². The van der Waals surface area contributed by atoms with Gasteiger partial charge in [0.1, 0.15) is 13.2 Å². The average Bonchev–Trinajstić information content (AvgIpc) is 3.33. The van der Waals surface area contributed by atoms with E-state index in [9.17, 15) is 14.4 Å². The molecule has 0 aliphatic carbocycles. The van der Waals surface area contributed by atoms with Crippen molar-refractivity contribution in [3.63, 3.8) is 0 Å². The van der Waals surface area contributed by atoms with Crippen molar-refractivity contribution in [2.45, 2.75) is 348 Å². The van der Waals surface area contributed by atoms with Crippen molar-refractivity contribution < 1.29 is 28.6 Å². The Morgan fingerprint density at radius 2 is 0.493 bits per heavy atom. The summed E-state index contributed by atoms with van der Waals surface area (Å²) >= 11 is 0. The van der Waals surface area contributed by atoms with E-state index in [0.29, 0.717) is 19.3 Å². The molecule has 0 radical (unpaired) electrons. The van der Waals surface area contributed by atoms with Crippen LogP contribution in [0.15, 0.2) is 12.2 Å². The van der Waals surface area contributed by atoms with Crippen LogP contribution in [0.1, 0.15) is 342 Å². The van der Waals surface area contributed by atoms with E-state index in [-0.39, 0.29) is 31.1 Å². The van der Waals surface area contributed by atoms with Gasteiger partial charge in [-0.05, 0) is 44.9 Å². The monoisotopic (exact) mass is 945 g/mol. The Bertz CT molecular complexity index is 1040. The molecule has 0 aromatic heterocycles. The van der Waals surface area contributed by atoms with Crippen LogP contribution < -0.4 is 0 Å². The van der Waals surface area contributed by atoms with Gasteiger partial charge in [0.25, 0.3) is 0 Å². The van der Waals surface area contributed by atoms with E-state index in [2.05, 4.69) is 32.9 Å². The number of carbonyl (C=O) groups is 3. The molecule has 0 fully saturated rings. The first-order valence-corrected chi connectivity index (χ1v) is 30.2. The standard InChI is InChI=1S/C61H116O6/c1-4-7-10-13-16-19-22-25-26-27-28-29-30-31-32-33-34-37-39-42-45-48-51-54-60(63)66-57-58(67-61(64)55-52-49-46-43-40-36-24-21-18-15-12-9-6-3)56-65-59(62)53-50-47-44-41-38-35-23-20-17-14-11-8-5-2/h21,24,58H,4-20,22-23,25-57H2,1-3H3/b24-21-. The van der Waals surface area contributed by atoms with Crippen molar-refractivity contribution in [1.82, 2.24) is 0 Å². The van der Waals surface area contributed by atoms with Crippen LogP contribution >= 0.6 is 0 Å². The van der Waals surface area contributed by atoms with E-state index in [1.54, 1.807) is 0 Å². The second kappa shape index (κ2) is 56.7. The average molecular weight is 946 g/mol. The van der Waals surface area contributed by atoms with Crippen LogP contribution in [0.25, 0.3) is 0 Å². The van der Waals surface area contributed by atoms with Crippen molar-refractivity contribution in [2.24, 2.45) is 0 Å². The molecule has 0 amide bonds. The van der Waals surface area contributed by atoms with Crippen molar-refractivity contribution in [1.29, 1.82) is 0 Å². The van der Waals surface area contributed by atoms with Gasteiger partial charge < -0.3 is 14.2 Å². The topological polar surface area (TPSA) is 78.9 Å². The SMILES string of the molecule is CCCCCC/C=C\CCCCCCCC(=O)OC(COC(=O)CCCCCCCCCCCCCCC)COC(=O)CCCCCCCCCCCCCCCCCCCCCCCCC. The molecule has 0 aromatic carbocycles. The molecule has 0 saturated heterocycles. The smallest absolute Gasteiger partial charge is 0.306 e. The number of rotatable bonds is 56. The van der Waals surface area contributed by atoms with Gasteiger partial charge >= 0.3 is 17.9 Å². The molecule has 0 rings (SSSR count). The third kappa shape index (κ3) is 55.0. The number of carbonyl (C=O) groups excluding carboxylic acids is 3. The van der Waals surface area contributed by atoms with Gasteiger partial charge in [-0.15, -0.1) is 0 Å². The molecule has 0 heterocycles. The summed E-state index contributed by atoms with van der Waals surface area (Å²) in [6, 6.07) is 0. The summed E-state index contributed by atoms with van der Waals surface area (Å²) < 4.78 is 16.9. The van der Waals surface area contributed by atoms with Crippen molar-refractivity contribution in [3.8, 4) is 0 Å². The van der Waals surface area contributed by atoms with Gasteiger partial charge in [0, 0.05) is 19.3 Å². The molecule has 0 aliphatic rings. The maximum atomic E-state index is 12.8. The van der Waals surface area contributed by atoms with Crippen LogP contribution in [0.5, 0.6) is 0 Å². The van der Waals surface area contributed by atoms with Crippen LogP contribution in [-0.4, -0.2) is 37.2 Å². The first-order chi connectivity index (χ1) is 33.0. The Kier molecular flexibility index (Phi) is 55.2. The molecule has 1 unspecified atom stereocenters. The van der Waals surface area contributed by atoms with Crippen LogP contribution in [0.4, 0.5) is 0 Å². The molecule has 0 N–H and O–H groups in total. The van der Waals surface area contributed by atoms with Crippen molar-refractivity contribution in [3.05, 3.63) is 12.2 Å². The summed E-state index contributed by atoms with van der Waals surface area (Å²) in [5.74, 6) is -0.851. The van der Waals surface area contributed by atoms with E-state index >= 15 is 0 Å². The molecule has 0 bridgehead atoms. The molecule has 1 atom stereocenters. The maximum Gasteiger partial charge on any atom is 0.306 e. The first-order valence-electron chi connectivity index (χ1n) is 30.2. The number of allylic oxidation sites excluding steroid dienone is 2. The molecule has 6 heteroatoms. The minimum Gasteiger partial charge on any atom is -0.462 e. The number of unbranched alkanes of at least 4 members (excludes halogenated alkanes) is 43. The number of hydrogen-bond acceptors (Lipinski definition) is 6. The van der Waals surface area contributed by atoms with Gasteiger partial charge in [0.05, 0.1) is 0 Å². The summed E-state index contributed by atoms with van der Waals surface area (Å²) in [6.45, 7) is 6.68. The predicted molar refractivity (Wildman–Crippen MR) is 289 cm³/mol. The van der Waals surface area contributed by atoms with Gasteiger partial charge in [-0.1, -0.05) is 290 Å². The zero-order valence-corrected chi connectivity index (χ0v) is 45.5. The second-order valence-electron chi connectivity index (χ2n) is 20.6. The lowest BCUT2D eigenvalue weighted by Crippen LogP contribution is -2.30. The van der Waals surface area contributed by atoms with Crippen LogP contribution in [0, 0.1) is 0 Å². The third-order valence-electron chi connectivity index (χ3n) is 13.8. The highest BCUT2D eigenvalue weighted by Gasteiger charge is 2.19. The lowest BCUT2D eigenvalue weighted by Gasteiger charge is -2.18. The zero-order valence-electron chi connectivity index (χ0n) is 45.5. The second-order valence-corrected chi connectivity index (χ2v) is 20.6. The molecule has 0 aromatic rings. The molecule has 6 nitrogen and oxygen atoms in total. The van der Waals surface area contributed by atoms with Crippen LogP contribution in [0.3, 0.4) is 0 Å². The predicted octanol–water partition coefficient (Wildman–Crippen LogP) is 20.1. The minimum absolute atomic E-state index is 0.0674. The largest absolute Gasteiger partial charge is 0.462 e. The number of ether oxygens (including phenoxy) is 3. The molecule has 0 spiro atoms. The summed E-state index contributed by atoms with van der Waals surface area (Å²) in [6.07, 6.45) is 65.0. The van der Waals surface area contributed by atoms with Crippen LogP contribution in [-0.2, 0) is 28.6 Å². The Labute approximate surface area is 418 Å². The molecular formula is C61H116O6. The van der Waals surface area contributed by atoms with Gasteiger partial charge in [0.2, 0.25) is 0 Å². The summed E-state index contributed by atoms with van der Waals surface area (Å²) in [5.41, 5.74) is 0. The van der Waals surface area contributed by atoms with Gasteiger partial charge in [-0.25, -0.2) is 0 Å². The van der Waals surface area contributed by atoms with E-state index in [1.165, 1.54) is 238 Å². The lowest BCUT2D eigenvalue weighted by molar-refractivity contribution is -0.167. The fourth-order valence-corrected chi connectivity index (χ4v) is 9.21. The Hall–Kier alpha value is -1.85. The van der Waals surface area contributed by atoms with E-state index in [1.807, 2.05) is 0 Å². The van der Waals surface area contributed by atoms with E-state index in [4.69, 9.17) is 14.2 Å². The summed E-state index contributed by atoms with van der Waals surface area (Å²) in [5, 5.41) is 0. The molecular weight excluding hydrogens is 829 g/mol. The molecule has 0 saturated carbocycles.